The van der Waals surface area contributed by atoms with Crippen molar-refractivity contribution in [1.29, 1.82) is 0 Å². The van der Waals surface area contributed by atoms with Crippen LogP contribution in [-0.2, 0) is 19.1 Å². The summed E-state index contributed by atoms with van der Waals surface area (Å²) < 4.78 is 43.1. The Kier molecular flexibility index (Phi) is 13.1. The number of methoxy groups -OCH3 is 1. The Hall–Kier alpha value is -1.49. The fraction of sp³-hybridized carbons (Fsp3) is 0.800. The average molecular weight is 441 g/mol. The zero-order valence-corrected chi connectivity index (χ0v) is 17.9. The standard InChI is InChI=1S/C18H34N2O3.C2HF3O2/c1-4-5-6-7-8-9-10-11-18(20)16(15(21)12-19)17(22-3)14(2)13-23-18;3-2(4,5)1(6)7/h10-11,14,16-17H,4-9,12-13,19-20H2,1-3H3;(H,6,7)/t14-,16+,17-,18-;/m0./s1. The summed E-state index contributed by atoms with van der Waals surface area (Å²) in [4.78, 5) is 21.2. The molecule has 0 aromatic rings. The van der Waals surface area contributed by atoms with Crippen LogP contribution in [-0.4, -0.2) is 55.1 Å². The molecular weight excluding hydrogens is 405 g/mol. The lowest BCUT2D eigenvalue weighted by molar-refractivity contribution is -0.192. The van der Waals surface area contributed by atoms with Crippen molar-refractivity contribution in [2.75, 3.05) is 20.3 Å². The number of hydrogen-bond acceptors (Lipinski definition) is 6. The molecule has 5 N–H and O–H groups in total. The van der Waals surface area contributed by atoms with E-state index in [4.69, 9.17) is 30.8 Å². The molecule has 0 radical (unpaired) electrons. The van der Waals surface area contributed by atoms with Crippen LogP contribution in [0.4, 0.5) is 13.2 Å². The van der Waals surface area contributed by atoms with Gasteiger partial charge < -0.3 is 20.3 Å². The molecule has 4 atom stereocenters. The van der Waals surface area contributed by atoms with Crippen molar-refractivity contribution in [3.63, 3.8) is 0 Å². The topological polar surface area (TPSA) is 125 Å². The maximum atomic E-state index is 12.3. The molecule has 0 amide bonds. The van der Waals surface area contributed by atoms with Gasteiger partial charge in [0.1, 0.15) is 5.72 Å². The highest BCUT2D eigenvalue weighted by Gasteiger charge is 2.49. The van der Waals surface area contributed by atoms with Crippen LogP contribution >= 0.6 is 0 Å². The molecule has 1 aliphatic rings. The summed E-state index contributed by atoms with van der Waals surface area (Å²) >= 11 is 0. The molecule has 0 spiro atoms. The van der Waals surface area contributed by atoms with Gasteiger partial charge in [-0.05, 0) is 18.9 Å². The number of rotatable bonds is 10. The van der Waals surface area contributed by atoms with Crippen LogP contribution in [0, 0.1) is 11.8 Å². The predicted molar refractivity (Wildman–Crippen MR) is 107 cm³/mol. The second-order valence-electron chi connectivity index (χ2n) is 7.40. The lowest BCUT2D eigenvalue weighted by atomic mass is 9.78. The van der Waals surface area contributed by atoms with E-state index in [9.17, 15) is 18.0 Å². The van der Waals surface area contributed by atoms with Gasteiger partial charge >= 0.3 is 12.1 Å². The maximum absolute atomic E-state index is 12.3. The van der Waals surface area contributed by atoms with E-state index in [2.05, 4.69) is 6.92 Å². The van der Waals surface area contributed by atoms with Gasteiger partial charge in [0.05, 0.1) is 25.2 Å². The van der Waals surface area contributed by atoms with E-state index >= 15 is 0 Å². The lowest BCUT2D eigenvalue weighted by Crippen LogP contribution is -2.62. The van der Waals surface area contributed by atoms with Crippen LogP contribution in [0.1, 0.15) is 52.4 Å². The minimum absolute atomic E-state index is 0.0512. The van der Waals surface area contributed by atoms with E-state index in [1.54, 1.807) is 7.11 Å². The number of hydrogen-bond donors (Lipinski definition) is 3. The van der Waals surface area contributed by atoms with E-state index in [0.29, 0.717) is 6.61 Å². The van der Waals surface area contributed by atoms with Crippen molar-refractivity contribution in [2.45, 2.75) is 70.4 Å². The number of aliphatic carboxylic acids is 1. The van der Waals surface area contributed by atoms with Crippen LogP contribution in [0.15, 0.2) is 12.2 Å². The number of unbranched alkanes of at least 4 members (excludes halogenated alkanes) is 5. The Labute approximate surface area is 176 Å². The van der Waals surface area contributed by atoms with Crippen molar-refractivity contribution >= 4 is 11.8 Å². The minimum Gasteiger partial charge on any atom is -0.475 e. The first kappa shape index (κ1) is 28.5. The van der Waals surface area contributed by atoms with Crippen molar-refractivity contribution in [2.24, 2.45) is 23.3 Å². The second-order valence-corrected chi connectivity index (χ2v) is 7.40. The van der Waals surface area contributed by atoms with Crippen molar-refractivity contribution in [3.8, 4) is 0 Å². The van der Waals surface area contributed by atoms with E-state index in [1.165, 1.54) is 25.7 Å². The van der Waals surface area contributed by atoms with Crippen molar-refractivity contribution in [1.82, 2.24) is 0 Å². The van der Waals surface area contributed by atoms with Gasteiger partial charge in [0, 0.05) is 13.0 Å². The monoisotopic (exact) mass is 440 g/mol. The first-order valence-corrected chi connectivity index (χ1v) is 10.1. The highest BCUT2D eigenvalue weighted by Crippen LogP contribution is 2.34. The summed E-state index contributed by atoms with van der Waals surface area (Å²) in [5.41, 5.74) is 10.9. The van der Waals surface area contributed by atoms with Crippen LogP contribution in [0.2, 0.25) is 0 Å². The van der Waals surface area contributed by atoms with E-state index in [0.717, 1.165) is 12.8 Å². The molecule has 1 heterocycles. The highest BCUT2D eigenvalue weighted by atomic mass is 19.4. The Morgan fingerprint density at radius 1 is 1.27 bits per heavy atom. The number of Topliss-reactive ketones (excluding diaryl/α,β-unsaturated/α-hetero) is 1. The molecule has 0 unspecified atom stereocenters. The van der Waals surface area contributed by atoms with Gasteiger partial charge in [-0.2, -0.15) is 13.2 Å². The molecule has 0 aromatic heterocycles. The number of carboxylic acid groups (broad SMARTS) is 1. The Bertz CT molecular complexity index is 557. The quantitative estimate of drug-likeness (QED) is 0.352. The molecule has 1 aliphatic heterocycles. The number of nitrogens with two attached hydrogens (primary N) is 2. The van der Waals surface area contributed by atoms with Crippen molar-refractivity contribution < 1.29 is 37.3 Å². The van der Waals surface area contributed by atoms with E-state index < -0.39 is 23.8 Å². The molecule has 1 rings (SSSR count). The number of ketones is 1. The molecule has 1 fully saturated rings. The van der Waals surface area contributed by atoms with Gasteiger partial charge in [0.2, 0.25) is 0 Å². The second kappa shape index (κ2) is 13.7. The molecular formula is C20H35F3N2O5. The number of carboxylic acids is 1. The third-order valence-electron chi connectivity index (χ3n) is 4.89. The summed E-state index contributed by atoms with van der Waals surface area (Å²) in [6, 6.07) is 0. The SMILES string of the molecule is CCCCCCCC=C[C@]1(N)OC[C@H](C)[C@H](OC)[C@H]1C(=O)CN.O=C(O)C(F)(F)F. The number of halogens is 3. The average Bonchev–Trinajstić information content (AvgIpc) is 2.68. The fourth-order valence-electron chi connectivity index (χ4n) is 3.26. The normalized spacial score (nSPS) is 26.9. The van der Waals surface area contributed by atoms with Gasteiger partial charge in [-0.25, -0.2) is 4.79 Å². The lowest BCUT2D eigenvalue weighted by Gasteiger charge is -2.45. The highest BCUT2D eigenvalue weighted by molar-refractivity contribution is 5.85. The number of carbonyl (C=O) groups is 2. The van der Waals surface area contributed by atoms with E-state index in [-0.39, 0.29) is 24.3 Å². The largest absolute Gasteiger partial charge is 0.490 e. The molecule has 1 saturated heterocycles. The number of carbonyl (C=O) groups excluding carboxylic acids is 1. The Morgan fingerprint density at radius 2 is 1.83 bits per heavy atom. The van der Waals surface area contributed by atoms with Crippen LogP contribution in [0.5, 0.6) is 0 Å². The zero-order chi connectivity index (χ0) is 23.4. The summed E-state index contributed by atoms with van der Waals surface area (Å²) in [5, 5.41) is 7.12. The maximum Gasteiger partial charge on any atom is 0.490 e. The zero-order valence-electron chi connectivity index (χ0n) is 17.9. The number of allylic oxidation sites excluding steroid dienone is 1. The summed E-state index contributed by atoms with van der Waals surface area (Å²) in [6.07, 6.45) is 5.62. The first-order chi connectivity index (χ1) is 13.9. The predicted octanol–water partition coefficient (Wildman–Crippen LogP) is 3.02. The van der Waals surface area contributed by atoms with E-state index in [1.807, 2.05) is 19.1 Å². The number of ether oxygens (including phenoxy) is 2. The summed E-state index contributed by atoms with van der Waals surface area (Å²) in [6.45, 7) is 4.64. The first-order valence-electron chi connectivity index (χ1n) is 10.1. The number of alkyl halides is 3. The molecule has 30 heavy (non-hydrogen) atoms. The van der Waals surface area contributed by atoms with Gasteiger partial charge in [0.15, 0.2) is 5.78 Å². The van der Waals surface area contributed by atoms with Gasteiger partial charge in [-0.1, -0.05) is 45.6 Å². The minimum atomic E-state index is -5.08. The molecule has 0 saturated carbocycles. The smallest absolute Gasteiger partial charge is 0.475 e. The summed E-state index contributed by atoms with van der Waals surface area (Å²) in [5.74, 6) is -3.32. The summed E-state index contributed by atoms with van der Waals surface area (Å²) in [7, 11) is 1.61. The molecule has 0 aromatic carbocycles. The van der Waals surface area contributed by atoms with Crippen LogP contribution < -0.4 is 11.5 Å². The molecule has 176 valence electrons. The Morgan fingerprint density at radius 3 is 2.30 bits per heavy atom. The Balaban J connectivity index is 0.00000103. The van der Waals surface area contributed by atoms with Crippen LogP contribution in [0.25, 0.3) is 0 Å². The van der Waals surface area contributed by atoms with Gasteiger partial charge in [-0.3, -0.25) is 10.5 Å². The van der Waals surface area contributed by atoms with Crippen LogP contribution in [0.3, 0.4) is 0 Å². The fourth-order valence-corrected chi connectivity index (χ4v) is 3.26. The molecule has 10 heteroatoms. The van der Waals surface area contributed by atoms with Gasteiger partial charge in [0.25, 0.3) is 0 Å². The third-order valence-corrected chi connectivity index (χ3v) is 4.89. The molecule has 0 bridgehead atoms. The van der Waals surface area contributed by atoms with Crippen molar-refractivity contribution in [3.05, 3.63) is 12.2 Å². The van der Waals surface area contributed by atoms with Gasteiger partial charge in [-0.15, -0.1) is 0 Å². The third kappa shape index (κ3) is 9.55. The molecule has 0 aliphatic carbocycles. The molecule has 7 nitrogen and oxygen atoms in total.